The van der Waals surface area contributed by atoms with Gasteiger partial charge in [-0.25, -0.2) is 23.9 Å². The number of methoxy groups -OCH3 is 1. The Hall–Kier alpha value is -2.81. The SMILES string of the molecule is COc1cc2ncc(-c3nc(NC4CCCNC4)ncc3F)n2nc1C1CC(C)(C)C1. The molecule has 1 saturated carbocycles. The minimum Gasteiger partial charge on any atom is -0.495 e. The number of fused-ring (bicyclic) bond motifs is 1. The summed E-state index contributed by atoms with van der Waals surface area (Å²) in [5.74, 6) is 0.948. The number of hydrogen-bond donors (Lipinski definition) is 2. The van der Waals surface area contributed by atoms with Gasteiger partial charge in [0.15, 0.2) is 11.5 Å². The third-order valence-corrected chi connectivity index (χ3v) is 6.31. The first-order valence-electron chi connectivity index (χ1n) is 10.9. The molecule has 4 heterocycles. The highest BCUT2D eigenvalue weighted by Gasteiger charge is 2.39. The number of hydrogen-bond acceptors (Lipinski definition) is 7. The van der Waals surface area contributed by atoms with Gasteiger partial charge in [-0.3, -0.25) is 0 Å². The van der Waals surface area contributed by atoms with E-state index in [0.717, 1.165) is 50.2 Å². The van der Waals surface area contributed by atoms with Crippen LogP contribution in [0, 0.1) is 11.2 Å². The summed E-state index contributed by atoms with van der Waals surface area (Å²) in [4.78, 5) is 13.0. The molecule has 0 aromatic carbocycles. The fourth-order valence-electron chi connectivity index (χ4n) is 4.76. The molecule has 9 heteroatoms. The Morgan fingerprint density at radius 3 is 2.81 bits per heavy atom. The molecule has 1 aliphatic carbocycles. The fraction of sp³-hybridized carbons (Fsp3) is 0.545. The Balaban J connectivity index is 1.52. The zero-order valence-corrected chi connectivity index (χ0v) is 18.2. The number of anilines is 1. The van der Waals surface area contributed by atoms with E-state index in [1.165, 1.54) is 6.20 Å². The van der Waals surface area contributed by atoms with Gasteiger partial charge in [-0.05, 0) is 37.6 Å². The Morgan fingerprint density at radius 1 is 1.26 bits per heavy atom. The lowest BCUT2D eigenvalue weighted by Crippen LogP contribution is -2.38. The average Bonchev–Trinajstić information content (AvgIpc) is 3.15. The van der Waals surface area contributed by atoms with Gasteiger partial charge < -0.3 is 15.4 Å². The number of nitrogens with zero attached hydrogens (tertiary/aromatic N) is 5. The van der Waals surface area contributed by atoms with Gasteiger partial charge in [0.05, 0.1) is 19.5 Å². The molecule has 31 heavy (non-hydrogen) atoms. The first-order chi connectivity index (χ1) is 14.9. The quantitative estimate of drug-likeness (QED) is 0.648. The molecule has 2 N–H and O–H groups in total. The number of ether oxygens (including phenoxy) is 1. The molecule has 3 aromatic rings. The Kier molecular flexibility index (Phi) is 5.00. The molecule has 2 fully saturated rings. The van der Waals surface area contributed by atoms with E-state index in [-0.39, 0.29) is 11.7 Å². The summed E-state index contributed by atoms with van der Waals surface area (Å²) in [5, 5.41) is 11.5. The maximum absolute atomic E-state index is 14.8. The van der Waals surface area contributed by atoms with Crippen LogP contribution in [0.2, 0.25) is 0 Å². The van der Waals surface area contributed by atoms with Crippen LogP contribution >= 0.6 is 0 Å². The molecule has 5 rings (SSSR count). The van der Waals surface area contributed by atoms with Gasteiger partial charge in [-0.1, -0.05) is 13.8 Å². The minimum absolute atomic E-state index is 0.186. The van der Waals surface area contributed by atoms with Crippen LogP contribution in [0.4, 0.5) is 10.3 Å². The van der Waals surface area contributed by atoms with Crippen molar-refractivity contribution in [2.24, 2.45) is 5.41 Å². The highest BCUT2D eigenvalue weighted by Crippen LogP contribution is 2.51. The lowest BCUT2D eigenvalue weighted by atomic mass is 9.63. The van der Waals surface area contributed by atoms with Gasteiger partial charge >= 0.3 is 0 Å². The standard InChI is InChI=1S/C22H28FN7O/c1-22(2)8-13(9-22)19-17(31-3)7-18-25-12-16(30(18)29-19)20-15(23)11-26-21(28-20)27-14-5-4-6-24-10-14/h7,11-14,24H,4-6,8-10H2,1-3H3,(H,26,27,28). The summed E-state index contributed by atoms with van der Waals surface area (Å²) in [6, 6.07) is 2.09. The van der Waals surface area contributed by atoms with E-state index in [1.54, 1.807) is 17.8 Å². The molecule has 8 nitrogen and oxygen atoms in total. The number of nitrogens with one attached hydrogen (secondary N) is 2. The summed E-state index contributed by atoms with van der Waals surface area (Å²) in [5.41, 5.74) is 2.47. The van der Waals surface area contributed by atoms with E-state index < -0.39 is 5.82 Å². The zero-order chi connectivity index (χ0) is 21.6. The molecule has 2 aliphatic rings. The lowest BCUT2D eigenvalue weighted by Gasteiger charge is -2.42. The fourth-order valence-corrected chi connectivity index (χ4v) is 4.76. The van der Waals surface area contributed by atoms with Gasteiger partial charge in [-0.15, -0.1) is 0 Å². The number of aromatic nitrogens is 5. The second-order valence-electron chi connectivity index (χ2n) is 9.36. The number of halogens is 1. The van der Waals surface area contributed by atoms with Crippen LogP contribution in [0.3, 0.4) is 0 Å². The van der Waals surface area contributed by atoms with Gasteiger partial charge in [-0.2, -0.15) is 5.10 Å². The van der Waals surface area contributed by atoms with Gasteiger partial charge in [0.1, 0.15) is 22.8 Å². The van der Waals surface area contributed by atoms with Crippen molar-refractivity contribution in [3.63, 3.8) is 0 Å². The second-order valence-corrected chi connectivity index (χ2v) is 9.36. The Bertz CT molecular complexity index is 1100. The molecule has 1 unspecified atom stereocenters. The first kappa shape index (κ1) is 20.1. The topological polar surface area (TPSA) is 89.3 Å². The summed E-state index contributed by atoms with van der Waals surface area (Å²) in [7, 11) is 1.65. The van der Waals surface area contributed by atoms with Crippen molar-refractivity contribution in [3.05, 3.63) is 30.0 Å². The largest absolute Gasteiger partial charge is 0.495 e. The molecular formula is C22H28FN7O. The van der Waals surface area contributed by atoms with Crippen molar-refractivity contribution in [1.82, 2.24) is 29.9 Å². The first-order valence-corrected chi connectivity index (χ1v) is 10.9. The van der Waals surface area contributed by atoms with E-state index in [9.17, 15) is 4.39 Å². The number of rotatable bonds is 5. The van der Waals surface area contributed by atoms with E-state index in [0.29, 0.717) is 28.6 Å². The van der Waals surface area contributed by atoms with Crippen molar-refractivity contribution in [2.75, 3.05) is 25.5 Å². The molecule has 0 spiro atoms. The molecule has 0 bridgehead atoms. The zero-order valence-electron chi connectivity index (χ0n) is 18.2. The average molecular weight is 426 g/mol. The van der Waals surface area contributed by atoms with Crippen molar-refractivity contribution >= 4 is 11.6 Å². The van der Waals surface area contributed by atoms with Crippen LogP contribution in [0.5, 0.6) is 5.75 Å². The summed E-state index contributed by atoms with van der Waals surface area (Å²) in [6.45, 7) is 6.37. The molecular weight excluding hydrogens is 397 g/mol. The molecule has 1 saturated heterocycles. The van der Waals surface area contributed by atoms with Crippen molar-refractivity contribution in [3.8, 4) is 17.1 Å². The molecule has 1 atom stereocenters. The molecule has 0 radical (unpaired) electrons. The van der Waals surface area contributed by atoms with Crippen LogP contribution in [0.15, 0.2) is 18.5 Å². The highest BCUT2D eigenvalue weighted by atomic mass is 19.1. The van der Waals surface area contributed by atoms with Crippen LogP contribution in [0.25, 0.3) is 17.0 Å². The van der Waals surface area contributed by atoms with Gasteiger partial charge in [0, 0.05) is 24.6 Å². The van der Waals surface area contributed by atoms with E-state index >= 15 is 0 Å². The summed E-state index contributed by atoms with van der Waals surface area (Å²) in [6.07, 6.45) is 7.01. The van der Waals surface area contributed by atoms with Crippen molar-refractivity contribution < 1.29 is 9.13 Å². The molecule has 0 amide bonds. The van der Waals surface area contributed by atoms with Crippen LogP contribution in [-0.4, -0.2) is 50.8 Å². The number of piperidine rings is 1. The molecule has 3 aromatic heterocycles. The van der Waals surface area contributed by atoms with E-state index in [2.05, 4.69) is 39.4 Å². The van der Waals surface area contributed by atoms with Crippen LogP contribution in [0.1, 0.15) is 51.1 Å². The Labute approximate surface area is 180 Å². The third kappa shape index (κ3) is 3.82. The maximum Gasteiger partial charge on any atom is 0.223 e. The predicted molar refractivity (Wildman–Crippen MR) is 116 cm³/mol. The smallest absolute Gasteiger partial charge is 0.223 e. The number of imidazole rings is 1. The van der Waals surface area contributed by atoms with Gasteiger partial charge in [0.2, 0.25) is 5.95 Å². The van der Waals surface area contributed by atoms with E-state index in [1.807, 2.05) is 6.07 Å². The van der Waals surface area contributed by atoms with Crippen molar-refractivity contribution in [1.29, 1.82) is 0 Å². The Morgan fingerprint density at radius 2 is 2.10 bits per heavy atom. The van der Waals surface area contributed by atoms with Crippen LogP contribution in [-0.2, 0) is 0 Å². The molecule has 164 valence electrons. The van der Waals surface area contributed by atoms with Crippen molar-refractivity contribution in [2.45, 2.75) is 51.5 Å². The lowest BCUT2D eigenvalue weighted by molar-refractivity contribution is 0.145. The third-order valence-electron chi connectivity index (χ3n) is 6.31. The monoisotopic (exact) mass is 425 g/mol. The van der Waals surface area contributed by atoms with E-state index in [4.69, 9.17) is 9.84 Å². The second kappa shape index (κ2) is 7.71. The predicted octanol–water partition coefficient (Wildman–Crippen LogP) is 3.40. The summed E-state index contributed by atoms with van der Waals surface area (Å²) < 4.78 is 22.0. The van der Waals surface area contributed by atoms with Gasteiger partial charge in [0.25, 0.3) is 0 Å². The molecule has 1 aliphatic heterocycles. The normalized spacial score (nSPS) is 21.1. The van der Waals surface area contributed by atoms with Crippen LogP contribution < -0.4 is 15.4 Å². The maximum atomic E-state index is 14.8. The highest BCUT2D eigenvalue weighted by molar-refractivity contribution is 5.62. The minimum atomic E-state index is -0.502. The summed E-state index contributed by atoms with van der Waals surface area (Å²) >= 11 is 0.